The van der Waals surface area contributed by atoms with Gasteiger partial charge in [0.25, 0.3) is 0 Å². The molecule has 0 radical (unpaired) electrons. The van der Waals surface area contributed by atoms with Gasteiger partial charge in [-0.2, -0.15) is 5.10 Å². The topological polar surface area (TPSA) is 50.6 Å². The molecule has 1 atom stereocenters. The van der Waals surface area contributed by atoms with Crippen molar-refractivity contribution >= 4 is 6.09 Å². The second kappa shape index (κ2) is 6.43. The first-order valence-electron chi connectivity index (χ1n) is 9.30. The maximum Gasteiger partial charge on any atom is 0.410 e. The van der Waals surface area contributed by atoms with Crippen LogP contribution in [0.5, 0.6) is 0 Å². The molecule has 2 aliphatic rings. The Morgan fingerprint density at radius 1 is 1.23 bits per heavy atom. The minimum atomic E-state index is -0.164. The summed E-state index contributed by atoms with van der Waals surface area (Å²) in [7, 11) is 0. The number of hydrogen-bond donors (Lipinski definition) is 0. The Morgan fingerprint density at radius 3 is 2.81 bits per heavy atom. The molecule has 26 heavy (non-hydrogen) atoms. The molecule has 3 heterocycles. The predicted molar refractivity (Wildman–Crippen MR) is 99.4 cm³/mol. The molecule has 0 saturated carbocycles. The van der Waals surface area contributed by atoms with Crippen molar-refractivity contribution in [2.24, 2.45) is 0 Å². The number of ether oxygens (including phenoxy) is 1. The van der Waals surface area contributed by atoms with Crippen molar-refractivity contribution in [2.75, 3.05) is 26.2 Å². The number of benzene rings is 1. The van der Waals surface area contributed by atoms with Gasteiger partial charge in [-0.05, 0) is 44.0 Å². The molecule has 2 saturated heterocycles. The number of cyclic esters (lactones) is 1. The largest absolute Gasteiger partial charge is 0.447 e. The van der Waals surface area contributed by atoms with E-state index in [0.29, 0.717) is 6.61 Å². The van der Waals surface area contributed by atoms with Gasteiger partial charge in [-0.15, -0.1) is 0 Å². The number of nitrogens with zero attached hydrogens (tertiary/aromatic N) is 4. The van der Waals surface area contributed by atoms with Crippen LogP contribution in [0.2, 0.25) is 0 Å². The molecule has 1 amide bonds. The lowest BCUT2D eigenvalue weighted by molar-refractivity contribution is 0.0449. The number of amides is 1. The molecule has 2 fully saturated rings. The molecule has 0 aliphatic carbocycles. The fraction of sp³-hybridized carbons (Fsp3) is 0.500. The van der Waals surface area contributed by atoms with Gasteiger partial charge in [0, 0.05) is 31.9 Å². The van der Waals surface area contributed by atoms with E-state index in [1.165, 1.54) is 5.56 Å². The Morgan fingerprint density at radius 2 is 2.08 bits per heavy atom. The number of piperazine rings is 1. The number of rotatable bonds is 4. The maximum absolute atomic E-state index is 11.9. The summed E-state index contributed by atoms with van der Waals surface area (Å²) in [5.41, 5.74) is 4.36. The highest BCUT2D eigenvalue weighted by Crippen LogP contribution is 2.32. The monoisotopic (exact) mass is 354 g/mol. The summed E-state index contributed by atoms with van der Waals surface area (Å²) in [4.78, 5) is 16.3. The zero-order valence-corrected chi connectivity index (χ0v) is 15.7. The van der Waals surface area contributed by atoms with Crippen LogP contribution in [0.1, 0.15) is 30.3 Å². The SMILES string of the molecule is CCC12COC(=O)N1CCN(Cc1cccc(-n3nc(C)cc3C)c1)C2. The molecule has 2 aromatic rings. The first-order chi connectivity index (χ1) is 12.5. The Hall–Kier alpha value is -2.34. The van der Waals surface area contributed by atoms with Gasteiger partial charge in [0.05, 0.1) is 16.9 Å². The first kappa shape index (κ1) is 17.1. The lowest BCUT2D eigenvalue weighted by atomic mass is 9.92. The normalized spacial score (nSPS) is 23.2. The van der Waals surface area contributed by atoms with Crippen LogP contribution in [0, 0.1) is 13.8 Å². The highest BCUT2D eigenvalue weighted by atomic mass is 16.6. The van der Waals surface area contributed by atoms with E-state index in [4.69, 9.17) is 4.74 Å². The van der Waals surface area contributed by atoms with Gasteiger partial charge in [-0.3, -0.25) is 9.80 Å². The van der Waals surface area contributed by atoms with Crippen LogP contribution in [0.4, 0.5) is 4.79 Å². The number of aryl methyl sites for hydroxylation is 2. The number of fused-ring (bicyclic) bond motifs is 1. The smallest absolute Gasteiger partial charge is 0.410 e. The van der Waals surface area contributed by atoms with Crippen molar-refractivity contribution in [1.82, 2.24) is 19.6 Å². The zero-order chi connectivity index (χ0) is 18.3. The van der Waals surface area contributed by atoms with Crippen LogP contribution >= 0.6 is 0 Å². The second-order valence-electron chi connectivity index (χ2n) is 7.50. The summed E-state index contributed by atoms with van der Waals surface area (Å²) in [5.74, 6) is 0. The molecule has 0 bridgehead atoms. The van der Waals surface area contributed by atoms with Crippen molar-refractivity contribution < 1.29 is 9.53 Å². The molecule has 0 N–H and O–H groups in total. The third kappa shape index (κ3) is 2.88. The Bertz CT molecular complexity index is 831. The maximum atomic E-state index is 11.9. The van der Waals surface area contributed by atoms with Gasteiger partial charge in [0.1, 0.15) is 6.61 Å². The molecule has 6 nitrogen and oxygen atoms in total. The third-order valence-corrected chi connectivity index (χ3v) is 5.64. The lowest BCUT2D eigenvalue weighted by Crippen LogP contribution is -2.60. The van der Waals surface area contributed by atoms with Gasteiger partial charge in [-0.25, -0.2) is 9.48 Å². The van der Waals surface area contributed by atoms with Gasteiger partial charge >= 0.3 is 6.09 Å². The summed E-state index contributed by atoms with van der Waals surface area (Å²) >= 11 is 0. The molecule has 2 aliphatic heterocycles. The summed E-state index contributed by atoms with van der Waals surface area (Å²) in [6.07, 6.45) is 0.763. The fourth-order valence-electron chi connectivity index (χ4n) is 4.22. The van der Waals surface area contributed by atoms with E-state index < -0.39 is 0 Å². The first-order valence-corrected chi connectivity index (χ1v) is 9.30. The summed E-state index contributed by atoms with van der Waals surface area (Å²) in [6.45, 7) is 10.1. The van der Waals surface area contributed by atoms with Crippen LogP contribution in [-0.2, 0) is 11.3 Å². The highest BCUT2D eigenvalue weighted by Gasteiger charge is 2.49. The Balaban J connectivity index is 1.52. The molecule has 138 valence electrons. The standard InChI is InChI=1S/C20H26N4O2/c1-4-20-13-22(8-9-23(20)19(25)26-14-20)12-17-6-5-7-18(11-17)24-16(3)10-15(2)21-24/h5-7,10-11H,4,8-9,12-14H2,1-3H3. The number of aromatic nitrogens is 2. The average molecular weight is 354 g/mol. The van der Waals surface area contributed by atoms with E-state index in [0.717, 1.165) is 49.7 Å². The van der Waals surface area contributed by atoms with Crippen LogP contribution in [0.3, 0.4) is 0 Å². The zero-order valence-electron chi connectivity index (χ0n) is 15.7. The van der Waals surface area contributed by atoms with Crippen LogP contribution < -0.4 is 0 Å². The highest BCUT2D eigenvalue weighted by molar-refractivity contribution is 5.71. The van der Waals surface area contributed by atoms with E-state index in [2.05, 4.69) is 54.2 Å². The van der Waals surface area contributed by atoms with E-state index in [9.17, 15) is 4.79 Å². The van der Waals surface area contributed by atoms with Crippen LogP contribution in [0.25, 0.3) is 5.69 Å². The Labute approximate surface area is 154 Å². The minimum Gasteiger partial charge on any atom is -0.447 e. The van der Waals surface area contributed by atoms with Crippen molar-refractivity contribution in [3.05, 3.63) is 47.3 Å². The van der Waals surface area contributed by atoms with Gasteiger partial charge in [0.15, 0.2) is 0 Å². The summed E-state index contributed by atoms with van der Waals surface area (Å²) < 4.78 is 7.33. The average Bonchev–Trinajstić information content (AvgIpc) is 3.14. The van der Waals surface area contributed by atoms with Gasteiger partial charge < -0.3 is 4.74 Å². The molecule has 1 unspecified atom stereocenters. The molecule has 4 rings (SSSR count). The molecular formula is C20H26N4O2. The molecule has 1 aromatic carbocycles. The van der Waals surface area contributed by atoms with Crippen LogP contribution in [0.15, 0.2) is 30.3 Å². The van der Waals surface area contributed by atoms with Gasteiger partial charge in [0.2, 0.25) is 0 Å². The van der Waals surface area contributed by atoms with Crippen molar-refractivity contribution in [3.63, 3.8) is 0 Å². The van der Waals surface area contributed by atoms with E-state index in [1.807, 2.05) is 16.5 Å². The predicted octanol–water partition coefficient (Wildman–Crippen LogP) is 2.91. The number of carbonyl (C=O) groups excluding carboxylic acids is 1. The van der Waals surface area contributed by atoms with Crippen molar-refractivity contribution in [1.29, 1.82) is 0 Å². The van der Waals surface area contributed by atoms with Crippen LogP contribution in [-0.4, -0.2) is 57.5 Å². The molecule has 6 heteroatoms. The third-order valence-electron chi connectivity index (χ3n) is 5.64. The number of carbonyl (C=O) groups is 1. The lowest BCUT2D eigenvalue weighted by Gasteiger charge is -2.44. The molecule has 1 aromatic heterocycles. The fourth-order valence-corrected chi connectivity index (χ4v) is 4.22. The second-order valence-corrected chi connectivity index (χ2v) is 7.50. The van der Waals surface area contributed by atoms with Crippen molar-refractivity contribution in [2.45, 2.75) is 39.3 Å². The van der Waals surface area contributed by atoms with Crippen molar-refractivity contribution in [3.8, 4) is 5.69 Å². The van der Waals surface area contributed by atoms with E-state index >= 15 is 0 Å². The molecule has 0 spiro atoms. The van der Waals surface area contributed by atoms with E-state index in [-0.39, 0.29) is 11.6 Å². The van der Waals surface area contributed by atoms with Gasteiger partial charge in [-0.1, -0.05) is 19.1 Å². The molecular weight excluding hydrogens is 328 g/mol. The Kier molecular flexibility index (Phi) is 4.23. The van der Waals surface area contributed by atoms with E-state index in [1.54, 1.807) is 0 Å². The summed E-state index contributed by atoms with van der Waals surface area (Å²) in [5, 5.41) is 4.59. The summed E-state index contributed by atoms with van der Waals surface area (Å²) in [6, 6.07) is 10.7. The minimum absolute atomic E-state index is 0.155. The number of hydrogen-bond acceptors (Lipinski definition) is 4. The quantitative estimate of drug-likeness (QED) is 0.847.